The number of ether oxygens (including phenoxy) is 1. The minimum Gasteiger partial charge on any atom is -0.505 e. The predicted molar refractivity (Wildman–Crippen MR) is 98.0 cm³/mol. The first-order chi connectivity index (χ1) is 13.5. The van der Waals surface area contributed by atoms with E-state index in [1.807, 2.05) is 0 Å². The number of halogens is 1. The first-order valence-electron chi connectivity index (χ1n) is 8.17. The third-order valence-electron chi connectivity index (χ3n) is 4.24. The Hall–Kier alpha value is -3.59. The molecular formula is C18H13ClN4O5. The van der Waals surface area contributed by atoms with Crippen LogP contribution in [0.1, 0.15) is 26.3 Å². The van der Waals surface area contributed by atoms with Crippen LogP contribution in [0.15, 0.2) is 43.0 Å². The molecule has 4 rings (SSSR count). The zero-order chi connectivity index (χ0) is 19.8. The van der Waals surface area contributed by atoms with Gasteiger partial charge in [-0.15, -0.1) is 0 Å². The number of rotatable bonds is 5. The number of nitrogens with zero attached hydrogens (tertiary/aromatic N) is 4. The Kier molecular flexibility index (Phi) is 4.36. The van der Waals surface area contributed by atoms with Crippen molar-refractivity contribution in [3.63, 3.8) is 0 Å². The maximum Gasteiger partial charge on any atom is 0.343 e. The lowest BCUT2D eigenvalue weighted by atomic mass is 10.2. The Labute approximate surface area is 162 Å². The highest BCUT2D eigenvalue weighted by Gasteiger charge is 2.17. The van der Waals surface area contributed by atoms with Crippen LogP contribution < -0.4 is 0 Å². The molecule has 0 atom stereocenters. The molecule has 0 aliphatic heterocycles. The SMILES string of the molecule is O=C(OCCc1cc2c(Cl)c(C(=O)O)cnn2c1)c1cnn2cccc2c1O. The standard InChI is InChI=1S/C18H13ClN4O5/c19-15-11(17(25)26)7-21-23-9-10(6-14(15)23)3-5-28-18(27)12-8-20-22-4-1-2-13(22)16(12)24/h1-2,4,6-9,24H,3,5H2,(H,25,26). The van der Waals surface area contributed by atoms with E-state index in [-0.39, 0.29) is 28.5 Å². The lowest BCUT2D eigenvalue weighted by molar-refractivity contribution is 0.0505. The molecule has 0 spiro atoms. The predicted octanol–water partition coefficient (Wildman–Crippen LogP) is 2.44. The molecule has 4 aromatic heterocycles. The summed E-state index contributed by atoms with van der Waals surface area (Å²) in [5, 5.41) is 27.4. The summed E-state index contributed by atoms with van der Waals surface area (Å²) in [7, 11) is 0. The number of hydrogen-bond acceptors (Lipinski definition) is 6. The van der Waals surface area contributed by atoms with E-state index in [1.54, 1.807) is 30.6 Å². The number of carbonyl (C=O) groups is 2. The molecule has 0 unspecified atom stereocenters. The summed E-state index contributed by atoms with van der Waals surface area (Å²) in [6.07, 6.45) is 6.10. The molecule has 0 amide bonds. The lowest BCUT2D eigenvalue weighted by Gasteiger charge is -2.06. The molecule has 0 aliphatic carbocycles. The molecule has 0 fully saturated rings. The fourth-order valence-electron chi connectivity index (χ4n) is 2.83. The normalized spacial score (nSPS) is 11.2. The van der Waals surface area contributed by atoms with E-state index in [0.717, 1.165) is 5.56 Å². The molecule has 9 nitrogen and oxygen atoms in total. The Morgan fingerprint density at radius 3 is 2.68 bits per heavy atom. The molecule has 0 aromatic carbocycles. The van der Waals surface area contributed by atoms with Crippen LogP contribution >= 0.6 is 11.6 Å². The summed E-state index contributed by atoms with van der Waals surface area (Å²) in [4.78, 5) is 23.4. The van der Waals surface area contributed by atoms with E-state index < -0.39 is 11.9 Å². The van der Waals surface area contributed by atoms with Gasteiger partial charge in [0, 0.05) is 18.8 Å². The average molecular weight is 401 g/mol. The van der Waals surface area contributed by atoms with Crippen molar-refractivity contribution in [1.29, 1.82) is 0 Å². The maximum absolute atomic E-state index is 12.2. The molecule has 142 valence electrons. The van der Waals surface area contributed by atoms with E-state index in [0.29, 0.717) is 17.5 Å². The fraction of sp³-hybridized carbons (Fsp3) is 0.111. The number of aromatic carboxylic acids is 1. The van der Waals surface area contributed by atoms with Gasteiger partial charge in [-0.1, -0.05) is 11.6 Å². The molecule has 2 N–H and O–H groups in total. The maximum atomic E-state index is 12.2. The Morgan fingerprint density at radius 2 is 1.89 bits per heavy atom. The quantitative estimate of drug-likeness (QED) is 0.494. The third-order valence-corrected chi connectivity index (χ3v) is 4.64. The van der Waals surface area contributed by atoms with Gasteiger partial charge in [0.1, 0.15) is 16.6 Å². The van der Waals surface area contributed by atoms with Gasteiger partial charge in [-0.2, -0.15) is 10.2 Å². The summed E-state index contributed by atoms with van der Waals surface area (Å²) >= 11 is 6.11. The van der Waals surface area contributed by atoms with Gasteiger partial charge in [-0.05, 0) is 23.8 Å². The molecule has 4 heterocycles. The van der Waals surface area contributed by atoms with Crippen molar-refractivity contribution in [3.8, 4) is 5.75 Å². The zero-order valence-electron chi connectivity index (χ0n) is 14.2. The summed E-state index contributed by atoms with van der Waals surface area (Å²) in [5.74, 6) is -2.05. The number of fused-ring (bicyclic) bond motifs is 2. The van der Waals surface area contributed by atoms with E-state index >= 15 is 0 Å². The minimum absolute atomic E-state index is 0.0240. The van der Waals surface area contributed by atoms with Crippen molar-refractivity contribution in [3.05, 3.63) is 64.7 Å². The minimum atomic E-state index is -1.16. The van der Waals surface area contributed by atoms with Crippen LogP contribution in [-0.2, 0) is 11.2 Å². The Balaban J connectivity index is 1.47. The second-order valence-electron chi connectivity index (χ2n) is 5.99. The number of carboxylic acid groups (broad SMARTS) is 1. The summed E-state index contributed by atoms with van der Waals surface area (Å²) in [6, 6.07) is 5.01. The van der Waals surface area contributed by atoms with E-state index in [9.17, 15) is 14.7 Å². The number of aromatic nitrogens is 4. The monoisotopic (exact) mass is 400 g/mol. The molecule has 4 aromatic rings. The zero-order valence-corrected chi connectivity index (χ0v) is 15.0. The van der Waals surface area contributed by atoms with Gasteiger partial charge in [-0.25, -0.2) is 18.6 Å². The Morgan fingerprint density at radius 1 is 1.14 bits per heavy atom. The summed E-state index contributed by atoms with van der Waals surface area (Å²) in [5.41, 5.74) is 1.50. The number of carbonyl (C=O) groups excluding carboxylic acids is 1. The van der Waals surface area contributed by atoms with Crippen LogP contribution in [0.2, 0.25) is 5.02 Å². The van der Waals surface area contributed by atoms with Gasteiger partial charge < -0.3 is 14.9 Å². The van der Waals surface area contributed by atoms with Crippen molar-refractivity contribution < 1.29 is 24.5 Å². The van der Waals surface area contributed by atoms with Crippen molar-refractivity contribution in [2.75, 3.05) is 6.61 Å². The molecule has 10 heteroatoms. The molecular weight excluding hydrogens is 388 g/mol. The fourth-order valence-corrected chi connectivity index (χ4v) is 3.10. The first kappa shape index (κ1) is 17.8. The van der Waals surface area contributed by atoms with Gasteiger partial charge in [0.2, 0.25) is 0 Å². The highest BCUT2D eigenvalue weighted by molar-refractivity contribution is 6.36. The Bertz CT molecular complexity index is 1230. The van der Waals surface area contributed by atoms with Crippen molar-refractivity contribution >= 4 is 34.6 Å². The highest BCUT2D eigenvalue weighted by atomic mass is 35.5. The van der Waals surface area contributed by atoms with Gasteiger partial charge in [0.15, 0.2) is 5.75 Å². The highest BCUT2D eigenvalue weighted by Crippen LogP contribution is 2.25. The van der Waals surface area contributed by atoms with Crippen LogP contribution in [0.5, 0.6) is 5.75 Å². The van der Waals surface area contributed by atoms with Gasteiger partial charge in [0.05, 0.1) is 29.5 Å². The van der Waals surface area contributed by atoms with Crippen molar-refractivity contribution in [1.82, 2.24) is 19.2 Å². The van der Waals surface area contributed by atoms with E-state index in [2.05, 4.69) is 10.2 Å². The molecule has 0 bridgehead atoms. The molecule has 0 radical (unpaired) electrons. The van der Waals surface area contributed by atoms with Crippen LogP contribution in [0, 0.1) is 0 Å². The first-order valence-corrected chi connectivity index (χ1v) is 8.55. The van der Waals surface area contributed by atoms with Crippen LogP contribution in [0.3, 0.4) is 0 Å². The molecule has 0 aliphatic rings. The number of hydrogen-bond donors (Lipinski definition) is 2. The molecule has 0 saturated heterocycles. The molecule has 28 heavy (non-hydrogen) atoms. The molecule has 0 saturated carbocycles. The van der Waals surface area contributed by atoms with Crippen LogP contribution in [-0.4, -0.2) is 48.0 Å². The lowest BCUT2D eigenvalue weighted by Crippen LogP contribution is -2.09. The van der Waals surface area contributed by atoms with Gasteiger partial charge in [-0.3, -0.25) is 0 Å². The van der Waals surface area contributed by atoms with E-state index in [1.165, 1.54) is 21.4 Å². The van der Waals surface area contributed by atoms with Crippen LogP contribution in [0.25, 0.3) is 11.0 Å². The number of esters is 1. The van der Waals surface area contributed by atoms with Gasteiger partial charge >= 0.3 is 11.9 Å². The average Bonchev–Trinajstić information content (AvgIpc) is 3.29. The topological polar surface area (TPSA) is 118 Å². The largest absolute Gasteiger partial charge is 0.505 e. The number of carboxylic acids is 1. The summed E-state index contributed by atoms with van der Waals surface area (Å²) in [6.45, 7) is 0.0464. The second kappa shape index (κ2) is 6.86. The smallest absolute Gasteiger partial charge is 0.343 e. The second-order valence-corrected chi connectivity index (χ2v) is 6.36. The van der Waals surface area contributed by atoms with Crippen molar-refractivity contribution in [2.45, 2.75) is 6.42 Å². The van der Waals surface area contributed by atoms with Crippen molar-refractivity contribution in [2.24, 2.45) is 0 Å². The van der Waals surface area contributed by atoms with E-state index in [4.69, 9.17) is 21.4 Å². The van der Waals surface area contributed by atoms with Gasteiger partial charge in [0.25, 0.3) is 0 Å². The summed E-state index contributed by atoms with van der Waals surface area (Å²) < 4.78 is 8.13. The third kappa shape index (κ3) is 3.01. The number of aromatic hydroxyl groups is 1. The van der Waals surface area contributed by atoms with Crippen LogP contribution in [0.4, 0.5) is 0 Å².